The lowest BCUT2D eigenvalue weighted by Crippen LogP contribution is -2.19. The highest BCUT2D eigenvalue weighted by Gasteiger charge is 2.14. The molecule has 0 saturated heterocycles. The molecule has 8 heteroatoms. The lowest BCUT2D eigenvalue weighted by Gasteiger charge is -2.04. The maximum absolute atomic E-state index is 12.2. The van der Waals surface area contributed by atoms with Crippen molar-refractivity contribution < 1.29 is 9.90 Å². The van der Waals surface area contributed by atoms with Crippen molar-refractivity contribution in [3.63, 3.8) is 0 Å². The largest absolute Gasteiger partial charge is 0.507 e. The van der Waals surface area contributed by atoms with Crippen LogP contribution in [0.25, 0.3) is 5.78 Å². The summed E-state index contributed by atoms with van der Waals surface area (Å²) in [7, 11) is 0. The van der Waals surface area contributed by atoms with Crippen LogP contribution in [0.5, 0.6) is 5.75 Å². The number of phenolic OH excluding ortho intramolecular Hbond substituents is 1. The van der Waals surface area contributed by atoms with Gasteiger partial charge in [0.2, 0.25) is 5.82 Å². The van der Waals surface area contributed by atoms with Crippen molar-refractivity contribution in [2.24, 2.45) is 5.10 Å². The number of aryl methyl sites for hydroxylation is 2. The second-order valence-electron chi connectivity index (χ2n) is 5.73. The summed E-state index contributed by atoms with van der Waals surface area (Å²) in [4.78, 5) is 20.5. The predicted octanol–water partition coefficient (Wildman–Crippen LogP) is 1.94. The Bertz CT molecular complexity index is 1020. The third-order valence-electron chi connectivity index (χ3n) is 3.71. The van der Waals surface area contributed by atoms with Crippen molar-refractivity contribution in [3.8, 4) is 5.75 Å². The molecule has 1 amide bonds. The average molecular weight is 350 g/mol. The molecule has 3 aromatic rings. The molecule has 132 valence electrons. The molecule has 2 aromatic heterocycles. The van der Waals surface area contributed by atoms with Crippen molar-refractivity contribution in [1.29, 1.82) is 0 Å². The van der Waals surface area contributed by atoms with Crippen LogP contribution in [0.1, 0.15) is 33.1 Å². The molecule has 1 aromatic carbocycles. The van der Waals surface area contributed by atoms with Crippen molar-refractivity contribution in [3.05, 3.63) is 65.3 Å². The van der Waals surface area contributed by atoms with E-state index in [4.69, 9.17) is 0 Å². The normalized spacial score (nSPS) is 11.2. The fourth-order valence-corrected chi connectivity index (χ4v) is 2.51. The van der Waals surface area contributed by atoms with E-state index in [1.807, 2.05) is 19.9 Å². The number of phenols is 1. The molecule has 0 aliphatic carbocycles. The van der Waals surface area contributed by atoms with Crippen molar-refractivity contribution >= 4 is 17.9 Å². The Morgan fingerprint density at radius 3 is 2.96 bits per heavy atom. The number of rotatable bonds is 5. The number of benzene rings is 1. The molecule has 0 aliphatic rings. The first-order chi connectivity index (χ1) is 12.5. The van der Waals surface area contributed by atoms with Gasteiger partial charge in [-0.3, -0.25) is 4.79 Å². The summed E-state index contributed by atoms with van der Waals surface area (Å²) in [6.45, 7) is 7.35. The van der Waals surface area contributed by atoms with Crippen LogP contribution in [-0.4, -0.2) is 36.8 Å². The maximum atomic E-state index is 12.2. The summed E-state index contributed by atoms with van der Waals surface area (Å²) in [6, 6.07) is 7.13. The Labute approximate surface area is 149 Å². The summed E-state index contributed by atoms with van der Waals surface area (Å²) in [5, 5.41) is 18.2. The SMILES string of the molecule is C=CCc1cccc(/C=N/NC(=O)c2nc3nc(C)cc(C)n3n2)c1O. The molecule has 0 saturated carbocycles. The van der Waals surface area contributed by atoms with Crippen LogP contribution in [-0.2, 0) is 6.42 Å². The quantitative estimate of drug-likeness (QED) is 0.416. The van der Waals surface area contributed by atoms with Gasteiger partial charge in [-0.25, -0.2) is 14.9 Å². The number of amides is 1. The first kappa shape index (κ1) is 17.3. The molecular weight excluding hydrogens is 332 g/mol. The van der Waals surface area contributed by atoms with Gasteiger partial charge in [0.05, 0.1) is 6.21 Å². The Hall–Kier alpha value is -3.55. The Morgan fingerprint density at radius 1 is 1.38 bits per heavy atom. The van der Waals surface area contributed by atoms with Gasteiger partial charge in [-0.1, -0.05) is 18.2 Å². The summed E-state index contributed by atoms with van der Waals surface area (Å²) < 4.78 is 1.50. The number of aromatic hydroxyl groups is 1. The number of fused-ring (bicyclic) bond motifs is 1. The number of nitrogens with zero attached hydrogens (tertiary/aromatic N) is 5. The molecule has 0 radical (unpaired) electrons. The van der Waals surface area contributed by atoms with E-state index in [0.29, 0.717) is 17.8 Å². The van der Waals surface area contributed by atoms with Crippen LogP contribution in [0, 0.1) is 13.8 Å². The Morgan fingerprint density at radius 2 is 2.19 bits per heavy atom. The first-order valence-electron chi connectivity index (χ1n) is 7.95. The molecule has 0 unspecified atom stereocenters. The fourth-order valence-electron chi connectivity index (χ4n) is 2.51. The van der Waals surface area contributed by atoms with Gasteiger partial charge in [0, 0.05) is 17.0 Å². The van der Waals surface area contributed by atoms with E-state index >= 15 is 0 Å². The molecule has 0 spiro atoms. The number of allylic oxidation sites excluding steroid dienone is 1. The standard InChI is InChI=1S/C18H18N6O2/c1-4-6-13-7-5-8-14(15(13)25)10-19-22-17(26)16-21-18-20-11(2)9-12(3)24(18)23-16/h4-5,7-10,25H,1,6H2,2-3H3,(H,22,26)/b19-10+. The van der Waals surface area contributed by atoms with E-state index in [-0.39, 0.29) is 11.6 Å². The van der Waals surface area contributed by atoms with Gasteiger partial charge >= 0.3 is 5.91 Å². The number of carbonyl (C=O) groups is 1. The topological polar surface area (TPSA) is 105 Å². The molecular formula is C18H18N6O2. The molecule has 8 nitrogen and oxygen atoms in total. The van der Waals surface area contributed by atoms with E-state index in [0.717, 1.165) is 17.0 Å². The zero-order chi connectivity index (χ0) is 18.7. The summed E-state index contributed by atoms with van der Waals surface area (Å²) in [5.41, 5.74) is 5.19. The number of hydrogen-bond donors (Lipinski definition) is 2. The molecule has 0 aliphatic heterocycles. The average Bonchev–Trinajstić information content (AvgIpc) is 3.02. The van der Waals surface area contributed by atoms with E-state index < -0.39 is 5.91 Å². The fraction of sp³-hybridized carbons (Fsp3) is 0.167. The van der Waals surface area contributed by atoms with Crippen molar-refractivity contribution in [1.82, 2.24) is 25.0 Å². The van der Waals surface area contributed by atoms with Gasteiger partial charge in [-0.15, -0.1) is 11.7 Å². The van der Waals surface area contributed by atoms with Crippen molar-refractivity contribution in [2.45, 2.75) is 20.3 Å². The van der Waals surface area contributed by atoms with Crippen LogP contribution in [0.3, 0.4) is 0 Å². The van der Waals surface area contributed by atoms with Gasteiger partial charge in [-0.05, 0) is 38.0 Å². The summed E-state index contributed by atoms with van der Waals surface area (Å²) in [5.74, 6) is -0.142. The number of aromatic nitrogens is 4. The zero-order valence-corrected chi connectivity index (χ0v) is 14.5. The third kappa shape index (κ3) is 3.44. The third-order valence-corrected chi connectivity index (χ3v) is 3.71. The Balaban J connectivity index is 1.77. The number of carbonyl (C=O) groups excluding carboxylic acids is 1. The first-order valence-corrected chi connectivity index (χ1v) is 7.95. The smallest absolute Gasteiger partial charge is 0.311 e. The molecule has 3 rings (SSSR count). The molecule has 0 atom stereocenters. The molecule has 26 heavy (non-hydrogen) atoms. The maximum Gasteiger partial charge on any atom is 0.311 e. The second kappa shape index (κ2) is 7.14. The van der Waals surface area contributed by atoms with Crippen LogP contribution in [0.15, 0.2) is 42.0 Å². The highest BCUT2D eigenvalue weighted by atomic mass is 16.3. The van der Waals surface area contributed by atoms with E-state index in [1.54, 1.807) is 24.3 Å². The highest BCUT2D eigenvalue weighted by molar-refractivity contribution is 5.92. The van der Waals surface area contributed by atoms with Gasteiger partial charge in [0.25, 0.3) is 5.78 Å². The van der Waals surface area contributed by atoms with E-state index in [9.17, 15) is 9.90 Å². The number of para-hydroxylation sites is 1. The molecule has 2 heterocycles. The van der Waals surface area contributed by atoms with Gasteiger partial charge < -0.3 is 5.11 Å². The number of nitrogens with one attached hydrogen (secondary N) is 1. The lowest BCUT2D eigenvalue weighted by molar-refractivity contribution is 0.0945. The van der Waals surface area contributed by atoms with E-state index in [1.165, 1.54) is 10.7 Å². The summed E-state index contributed by atoms with van der Waals surface area (Å²) in [6.07, 6.45) is 3.60. The molecule has 2 N–H and O–H groups in total. The zero-order valence-electron chi connectivity index (χ0n) is 14.5. The molecule has 0 fully saturated rings. The van der Waals surface area contributed by atoms with Crippen LogP contribution in [0.4, 0.5) is 0 Å². The minimum atomic E-state index is -0.564. The van der Waals surface area contributed by atoms with Crippen LogP contribution < -0.4 is 5.43 Å². The van der Waals surface area contributed by atoms with Crippen molar-refractivity contribution in [2.75, 3.05) is 0 Å². The molecule has 0 bridgehead atoms. The van der Waals surface area contributed by atoms with Gasteiger partial charge in [-0.2, -0.15) is 10.1 Å². The van der Waals surface area contributed by atoms with Gasteiger partial charge in [0.15, 0.2) is 0 Å². The van der Waals surface area contributed by atoms with Crippen LogP contribution >= 0.6 is 0 Å². The summed E-state index contributed by atoms with van der Waals surface area (Å²) >= 11 is 0. The monoisotopic (exact) mass is 350 g/mol. The number of hydrogen-bond acceptors (Lipinski definition) is 6. The van der Waals surface area contributed by atoms with Crippen LogP contribution in [0.2, 0.25) is 0 Å². The minimum Gasteiger partial charge on any atom is -0.507 e. The second-order valence-corrected chi connectivity index (χ2v) is 5.73. The predicted molar refractivity (Wildman–Crippen MR) is 97.3 cm³/mol. The number of hydrazone groups is 1. The van der Waals surface area contributed by atoms with Gasteiger partial charge in [0.1, 0.15) is 5.75 Å². The minimum absolute atomic E-state index is 0.0343. The van der Waals surface area contributed by atoms with E-state index in [2.05, 4.69) is 32.2 Å². The Kier molecular flexibility index (Phi) is 4.74. The highest BCUT2D eigenvalue weighted by Crippen LogP contribution is 2.21. The lowest BCUT2D eigenvalue weighted by atomic mass is 10.1.